The molecule has 0 radical (unpaired) electrons. The molecule has 0 saturated heterocycles. The number of halogens is 1. The topological polar surface area (TPSA) is 77.6 Å². The van der Waals surface area contributed by atoms with E-state index in [-0.39, 0.29) is 0 Å². The molecule has 0 amide bonds. The lowest BCUT2D eigenvalue weighted by Gasteiger charge is -2.35. The third kappa shape index (κ3) is 3.33. The smallest absolute Gasteiger partial charge is 0.264 e. The van der Waals surface area contributed by atoms with Crippen LogP contribution in [-0.2, 0) is 29.6 Å². The molecule has 3 rings (SSSR count). The molecule has 0 aliphatic carbocycles. The van der Waals surface area contributed by atoms with Gasteiger partial charge in [0.25, 0.3) is 10.1 Å². The molecule has 0 bridgehead atoms. The molecule has 1 aromatic heterocycles. The number of methoxy groups -OCH3 is 2. The zero-order chi connectivity index (χ0) is 19.1. The first-order chi connectivity index (χ1) is 12.2. The maximum Gasteiger partial charge on any atom is 0.264 e. The van der Waals surface area contributed by atoms with Gasteiger partial charge in [-0.25, -0.2) is 0 Å². The number of benzene rings is 2. The van der Waals surface area contributed by atoms with Crippen molar-refractivity contribution >= 4 is 43.5 Å². The summed E-state index contributed by atoms with van der Waals surface area (Å²) in [4.78, 5) is 3.32. The third-order valence-electron chi connectivity index (χ3n) is 4.42. The van der Waals surface area contributed by atoms with Crippen molar-refractivity contribution in [1.82, 2.24) is 4.98 Å². The second-order valence-corrected chi connectivity index (χ2v) is 8.13. The molecule has 140 valence electrons. The number of ether oxygens (including phenoxy) is 2. The van der Waals surface area contributed by atoms with Crippen molar-refractivity contribution in [3.8, 4) is 0 Å². The van der Waals surface area contributed by atoms with Crippen LogP contribution in [0.15, 0.2) is 36.4 Å². The second-order valence-electron chi connectivity index (χ2n) is 6.09. The molecular weight excluding hydrogens is 378 g/mol. The molecule has 2 aromatic carbocycles. The van der Waals surface area contributed by atoms with Crippen LogP contribution in [-0.4, -0.2) is 40.0 Å². The molecule has 3 aromatic rings. The summed E-state index contributed by atoms with van der Waals surface area (Å²) in [5, 5.41) is 2.64. The Labute approximate surface area is 157 Å². The molecule has 1 unspecified atom stereocenters. The zero-order valence-electron chi connectivity index (χ0n) is 14.9. The van der Waals surface area contributed by atoms with Gasteiger partial charge in [-0.15, -0.1) is 0 Å². The standard InChI is InChI=1S/C18H20ClNO5S/c1-11(25-26(4,21)22)18(23-2,24-3)12-5-7-14-15-10-13(19)6-8-16(15)20-17(14)9-12/h5-11,20H,1-4H3. The molecule has 6 nitrogen and oxygen atoms in total. The van der Waals surface area contributed by atoms with Gasteiger partial charge < -0.3 is 14.5 Å². The summed E-state index contributed by atoms with van der Waals surface area (Å²) in [5.74, 6) is -1.38. The quantitative estimate of drug-likeness (QED) is 0.505. The zero-order valence-corrected chi connectivity index (χ0v) is 16.4. The maximum absolute atomic E-state index is 11.6. The van der Waals surface area contributed by atoms with Crippen molar-refractivity contribution in [3.63, 3.8) is 0 Å². The van der Waals surface area contributed by atoms with E-state index >= 15 is 0 Å². The minimum absolute atomic E-state index is 0.629. The van der Waals surface area contributed by atoms with Crippen molar-refractivity contribution in [2.24, 2.45) is 0 Å². The van der Waals surface area contributed by atoms with Gasteiger partial charge in [-0.3, -0.25) is 4.18 Å². The minimum Gasteiger partial charge on any atom is -0.354 e. The highest BCUT2D eigenvalue weighted by Crippen LogP contribution is 2.36. The van der Waals surface area contributed by atoms with Crippen molar-refractivity contribution in [2.75, 3.05) is 20.5 Å². The first-order valence-electron chi connectivity index (χ1n) is 7.90. The van der Waals surface area contributed by atoms with E-state index in [0.29, 0.717) is 10.6 Å². The van der Waals surface area contributed by atoms with Crippen LogP contribution in [0.1, 0.15) is 12.5 Å². The predicted molar refractivity (Wildman–Crippen MR) is 102 cm³/mol. The fourth-order valence-corrected chi connectivity index (χ4v) is 4.13. The van der Waals surface area contributed by atoms with E-state index in [0.717, 1.165) is 28.1 Å². The molecule has 0 saturated carbocycles. The number of aromatic nitrogens is 1. The van der Waals surface area contributed by atoms with E-state index in [1.165, 1.54) is 14.2 Å². The van der Waals surface area contributed by atoms with Gasteiger partial charge in [0.1, 0.15) is 6.10 Å². The number of hydrogen-bond donors (Lipinski definition) is 1. The predicted octanol–water partition coefficient (Wildman–Crippen LogP) is 3.78. The molecule has 1 N–H and O–H groups in total. The Morgan fingerprint density at radius 2 is 1.73 bits per heavy atom. The third-order valence-corrected chi connectivity index (χ3v) is 5.30. The van der Waals surface area contributed by atoms with E-state index < -0.39 is 22.0 Å². The maximum atomic E-state index is 11.6. The van der Waals surface area contributed by atoms with Crippen molar-refractivity contribution in [2.45, 2.75) is 18.8 Å². The van der Waals surface area contributed by atoms with Crippen LogP contribution in [0.4, 0.5) is 0 Å². The highest BCUT2D eigenvalue weighted by molar-refractivity contribution is 7.86. The van der Waals surface area contributed by atoms with E-state index in [4.69, 9.17) is 25.3 Å². The van der Waals surface area contributed by atoms with Crippen LogP contribution in [0.25, 0.3) is 21.8 Å². The number of rotatable bonds is 6. The summed E-state index contributed by atoms with van der Waals surface area (Å²) >= 11 is 6.10. The van der Waals surface area contributed by atoms with E-state index in [1.807, 2.05) is 36.4 Å². The van der Waals surface area contributed by atoms with Crippen LogP contribution in [0.3, 0.4) is 0 Å². The average molecular weight is 398 g/mol. The van der Waals surface area contributed by atoms with E-state index in [2.05, 4.69) is 4.98 Å². The number of aromatic amines is 1. The second kappa shape index (κ2) is 6.83. The molecule has 0 aliphatic rings. The van der Waals surface area contributed by atoms with Crippen LogP contribution in [0, 0.1) is 0 Å². The Kier molecular flexibility index (Phi) is 5.02. The lowest BCUT2D eigenvalue weighted by Crippen LogP contribution is -2.44. The lowest BCUT2D eigenvalue weighted by molar-refractivity contribution is -0.257. The van der Waals surface area contributed by atoms with Gasteiger partial charge in [-0.05, 0) is 31.2 Å². The van der Waals surface area contributed by atoms with Gasteiger partial charge in [0, 0.05) is 46.6 Å². The summed E-state index contributed by atoms with van der Waals surface area (Å²) in [5.41, 5.74) is 2.43. The van der Waals surface area contributed by atoms with Crippen molar-refractivity contribution < 1.29 is 22.1 Å². The van der Waals surface area contributed by atoms with Gasteiger partial charge in [0.2, 0.25) is 5.79 Å². The summed E-state index contributed by atoms with van der Waals surface area (Å²) in [6.45, 7) is 1.59. The van der Waals surface area contributed by atoms with Crippen molar-refractivity contribution in [1.29, 1.82) is 0 Å². The Morgan fingerprint density at radius 1 is 1.04 bits per heavy atom. The van der Waals surface area contributed by atoms with Gasteiger partial charge in [0.15, 0.2) is 0 Å². The lowest BCUT2D eigenvalue weighted by atomic mass is 9.99. The SMILES string of the molecule is COC(OC)(c1ccc2c(c1)[nH]c1ccc(Cl)cc12)C(C)OS(C)(=O)=O. The number of fused-ring (bicyclic) bond motifs is 3. The summed E-state index contributed by atoms with van der Waals surface area (Å²) in [7, 11) is -0.794. The van der Waals surface area contributed by atoms with Crippen LogP contribution in [0.5, 0.6) is 0 Å². The molecule has 26 heavy (non-hydrogen) atoms. The normalized spacial score (nSPS) is 14.2. The van der Waals surface area contributed by atoms with Crippen LogP contribution >= 0.6 is 11.6 Å². The van der Waals surface area contributed by atoms with E-state index in [1.54, 1.807) is 6.92 Å². The van der Waals surface area contributed by atoms with Gasteiger partial charge in [-0.2, -0.15) is 8.42 Å². The molecular formula is C18H20ClNO5S. The monoisotopic (exact) mass is 397 g/mol. The fraction of sp³-hybridized carbons (Fsp3) is 0.333. The van der Waals surface area contributed by atoms with E-state index in [9.17, 15) is 8.42 Å². The first-order valence-corrected chi connectivity index (χ1v) is 10.1. The number of nitrogens with one attached hydrogen (secondary N) is 1. The average Bonchev–Trinajstić information content (AvgIpc) is 2.92. The Balaban J connectivity index is 2.15. The summed E-state index contributed by atoms with van der Waals surface area (Å²) in [6.07, 6.45) is 0.0910. The molecule has 1 atom stereocenters. The minimum atomic E-state index is -3.68. The summed E-state index contributed by atoms with van der Waals surface area (Å²) in [6, 6.07) is 11.2. The van der Waals surface area contributed by atoms with Crippen LogP contribution in [0.2, 0.25) is 5.02 Å². The fourth-order valence-electron chi connectivity index (χ4n) is 3.30. The Morgan fingerprint density at radius 3 is 2.35 bits per heavy atom. The largest absolute Gasteiger partial charge is 0.354 e. The van der Waals surface area contributed by atoms with Crippen LogP contribution < -0.4 is 0 Å². The van der Waals surface area contributed by atoms with Gasteiger partial charge in [0.05, 0.1) is 6.26 Å². The first kappa shape index (κ1) is 19.1. The Hall–Kier alpha value is -1.64. The highest BCUT2D eigenvalue weighted by Gasteiger charge is 2.41. The molecule has 0 spiro atoms. The number of hydrogen-bond acceptors (Lipinski definition) is 5. The van der Waals surface area contributed by atoms with Gasteiger partial charge in [-0.1, -0.05) is 23.7 Å². The molecule has 0 aliphatic heterocycles. The summed E-state index contributed by atoms with van der Waals surface area (Å²) < 4.78 is 39.4. The Bertz CT molecular complexity index is 1060. The number of H-pyrrole nitrogens is 1. The molecule has 8 heteroatoms. The van der Waals surface area contributed by atoms with Crippen molar-refractivity contribution in [3.05, 3.63) is 47.0 Å². The highest BCUT2D eigenvalue weighted by atomic mass is 35.5. The van der Waals surface area contributed by atoms with Gasteiger partial charge >= 0.3 is 0 Å². The molecule has 1 heterocycles. The molecule has 0 fully saturated rings.